The molecule has 31 heavy (non-hydrogen) atoms. The van der Waals surface area contributed by atoms with Gasteiger partial charge in [-0.3, -0.25) is 4.79 Å². The molecule has 1 amide bonds. The van der Waals surface area contributed by atoms with E-state index in [1.165, 1.54) is 16.2 Å². The molecule has 1 aromatic carbocycles. The van der Waals surface area contributed by atoms with Crippen LogP contribution in [-0.2, 0) is 22.4 Å². The maximum absolute atomic E-state index is 12.6. The number of anilines is 1. The molecule has 0 spiro atoms. The van der Waals surface area contributed by atoms with Gasteiger partial charge in [0.25, 0.3) is 0 Å². The zero-order chi connectivity index (χ0) is 22.4. The molecule has 1 aliphatic carbocycles. The number of halogens is 2. The van der Waals surface area contributed by atoms with E-state index in [1.54, 1.807) is 25.1 Å². The van der Waals surface area contributed by atoms with Gasteiger partial charge in [0.15, 0.2) is 0 Å². The molecule has 0 bridgehead atoms. The maximum Gasteiger partial charge on any atom is 0.341 e. The van der Waals surface area contributed by atoms with Gasteiger partial charge in [-0.15, -0.1) is 11.3 Å². The molecule has 3 rings (SSSR count). The van der Waals surface area contributed by atoms with E-state index in [0.29, 0.717) is 51.9 Å². The van der Waals surface area contributed by atoms with Gasteiger partial charge in [-0.05, 0) is 62.3 Å². The summed E-state index contributed by atoms with van der Waals surface area (Å²) in [6.07, 6.45) is 4.77. The third-order valence-electron chi connectivity index (χ3n) is 5.38. The lowest BCUT2D eigenvalue weighted by Gasteiger charge is -2.20. The maximum atomic E-state index is 12.6. The number of nitrogens with one attached hydrogen (secondary N) is 1. The lowest BCUT2D eigenvalue weighted by molar-refractivity contribution is -0.116. The number of ether oxygens (including phenoxy) is 2. The lowest BCUT2D eigenvalue weighted by Crippen LogP contribution is -2.17. The van der Waals surface area contributed by atoms with E-state index in [9.17, 15) is 9.59 Å². The normalized spacial score (nSPS) is 15.3. The van der Waals surface area contributed by atoms with Gasteiger partial charge in [-0.25, -0.2) is 4.79 Å². The fourth-order valence-electron chi connectivity index (χ4n) is 3.71. The molecule has 1 N–H and O–H groups in total. The van der Waals surface area contributed by atoms with Crippen molar-refractivity contribution in [3.05, 3.63) is 44.2 Å². The first kappa shape index (κ1) is 23.9. The molecule has 1 aliphatic rings. The van der Waals surface area contributed by atoms with Crippen LogP contribution in [0.3, 0.4) is 0 Å². The molecule has 1 heterocycles. The van der Waals surface area contributed by atoms with Crippen molar-refractivity contribution in [3.63, 3.8) is 0 Å². The Balaban J connectivity index is 1.61. The number of amides is 1. The van der Waals surface area contributed by atoms with Crippen LogP contribution in [0.15, 0.2) is 18.2 Å². The minimum absolute atomic E-state index is 0.151. The van der Waals surface area contributed by atoms with E-state index in [1.807, 2.05) is 0 Å². The highest BCUT2D eigenvalue weighted by atomic mass is 35.5. The monoisotopic (exact) mass is 483 g/mol. The fraction of sp³-hybridized carbons (Fsp3) is 0.478. The van der Waals surface area contributed by atoms with Crippen LogP contribution in [0.1, 0.15) is 60.3 Å². The molecular weight excluding hydrogens is 457 g/mol. The van der Waals surface area contributed by atoms with Crippen LogP contribution < -0.4 is 10.1 Å². The van der Waals surface area contributed by atoms with Crippen molar-refractivity contribution in [2.24, 2.45) is 5.92 Å². The van der Waals surface area contributed by atoms with Gasteiger partial charge in [-0.2, -0.15) is 0 Å². The number of rotatable bonds is 9. The molecule has 0 fully saturated rings. The highest BCUT2D eigenvalue weighted by Gasteiger charge is 2.29. The smallest absolute Gasteiger partial charge is 0.341 e. The zero-order valence-electron chi connectivity index (χ0n) is 17.8. The predicted molar refractivity (Wildman–Crippen MR) is 126 cm³/mol. The fourth-order valence-corrected chi connectivity index (χ4v) is 5.54. The quantitative estimate of drug-likeness (QED) is 0.324. The summed E-state index contributed by atoms with van der Waals surface area (Å²) in [7, 11) is 0. The number of benzene rings is 1. The topological polar surface area (TPSA) is 64.6 Å². The zero-order valence-corrected chi connectivity index (χ0v) is 20.1. The van der Waals surface area contributed by atoms with E-state index in [-0.39, 0.29) is 18.3 Å². The first-order chi connectivity index (χ1) is 14.9. The van der Waals surface area contributed by atoms with Gasteiger partial charge in [0.05, 0.1) is 23.8 Å². The average molecular weight is 484 g/mol. The largest absolute Gasteiger partial charge is 0.492 e. The van der Waals surface area contributed by atoms with Gasteiger partial charge in [0.2, 0.25) is 5.91 Å². The molecule has 0 radical (unpaired) electrons. The Morgan fingerprint density at radius 2 is 2.06 bits per heavy atom. The minimum Gasteiger partial charge on any atom is -0.492 e. The average Bonchev–Trinajstić information content (AvgIpc) is 3.09. The SMILES string of the molecule is CCOC(=O)c1c(NC(=O)CCCOc2ccc(Cl)cc2Cl)sc2c1CCC(CC)C2. The van der Waals surface area contributed by atoms with Crippen molar-refractivity contribution in [2.45, 2.75) is 52.4 Å². The molecule has 1 atom stereocenters. The lowest BCUT2D eigenvalue weighted by atomic mass is 9.85. The van der Waals surface area contributed by atoms with Crippen LogP contribution in [-0.4, -0.2) is 25.1 Å². The Labute approximate surface area is 197 Å². The second kappa shape index (κ2) is 11.2. The van der Waals surface area contributed by atoms with Gasteiger partial charge >= 0.3 is 5.97 Å². The molecule has 0 saturated carbocycles. The number of fused-ring (bicyclic) bond motifs is 1. The van der Waals surface area contributed by atoms with Crippen LogP contribution >= 0.6 is 34.5 Å². The van der Waals surface area contributed by atoms with E-state index < -0.39 is 0 Å². The minimum atomic E-state index is -0.356. The van der Waals surface area contributed by atoms with Crippen molar-refractivity contribution in [3.8, 4) is 5.75 Å². The molecule has 168 valence electrons. The van der Waals surface area contributed by atoms with E-state index in [0.717, 1.165) is 31.2 Å². The van der Waals surface area contributed by atoms with Crippen LogP contribution in [0.2, 0.25) is 10.0 Å². The Morgan fingerprint density at radius 3 is 2.77 bits per heavy atom. The number of thiophene rings is 1. The Morgan fingerprint density at radius 1 is 1.26 bits per heavy atom. The first-order valence-corrected chi connectivity index (χ1v) is 12.2. The van der Waals surface area contributed by atoms with Gasteiger partial charge in [-0.1, -0.05) is 36.5 Å². The first-order valence-electron chi connectivity index (χ1n) is 10.6. The molecule has 0 saturated heterocycles. The molecule has 2 aromatic rings. The number of hydrogen-bond acceptors (Lipinski definition) is 5. The second-order valence-electron chi connectivity index (χ2n) is 7.52. The predicted octanol–water partition coefficient (Wildman–Crippen LogP) is 6.54. The summed E-state index contributed by atoms with van der Waals surface area (Å²) in [6, 6.07) is 5.02. The molecule has 1 aromatic heterocycles. The van der Waals surface area contributed by atoms with E-state index >= 15 is 0 Å². The van der Waals surface area contributed by atoms with E-state index in [2.05, 4.69) is 12.2 Å². The van der Waals surface area contributed by atoms with Crippen LogP contribution in [0, 0.1) is 5.92 Å². The summed E-state index contributed by atoms with van der Waals surface area (Å²) >= 11 is 13.5. The third kappa shape index (κ3) is 6.15. The van der Waals surface area contributed by atoms with Crippen LogP contribution in [0.25, 0.3) is 0 Å². The van der Waals surface area contributed by atoms with E-state index in [4.69, 9.17) is 32.7 Å². The summed E-state index contributed by atoms with van der Waals surface area (Å²) in [6.45, 7) is 4.63. The summed E-state index contributed by atoms with van der Waals surface area (Å²) < 4.78 is 10.9. The summed E-state index contributed by atoms with van der Waals surface area (Å²) in [5.74, 6) is 0.655. The molecule has 1 unspecified atom stereocenters. The highest BCUT2D eigenvalue weighted by molar-refractivity contribution is 7.17. The summed E-state index contributed by atoms with van der Waals surface area (Å²) in [4.78, 5) is 26.3. The van der Waals surface area contributed by atoms with Crippen molar-refractivity contribution in [1.29, 1.82) is 0 Å². The molecule has 0 aliphatic heterocycles. The number of hydrogen-bond donors (Lipinski definition) is 1. The summed E-state index contributed by atoms with van der Waals surface area (Å²) in [5.41, 5.74) is 1.58. The Kier molecular flexibility index (Phi) is 8.64. The number of esters is 1. The third-order valence-corrected chi connectivity index (χ3v) is 7.08. The highest BCUT2D eigenvalue weighted by Crippen LogP contribution is 2.41. The van der Waals surface area contributed by atoms with Crippen LogP contribution in [0.4, 0.5) is 5.00 Å². The molecule has 5 nitrogen and oxygen atoms in total. The number of carbonyl (C=O) groups is 2. The van der Waals surface area contributed by atoms with Crippen molar-refractivity contribution < 1.29 is 19.1 Å². The van der Waals surface area contributed by atoms with Gasteiger partial charge in [0.1, 0.15) is 10.8 Å². The van der Waals surface area contributed by atoms with Gasteiger partial charge < -0.3 is 14.8 Å². The van der Waals surface area contributed by atoms with Crippen LogP contribution in [0.5, 0.6) is 5.75 Å². The molecular formula is C23H27Cl2NO4S. The molecule has 8 heteroatoms. The van der Waals surface area contributed by atoms with Crippen molar-refractivity contribution in [1.82, 2.24) is 0 Å². The van der Waals surface area contributed by atoms with Crippen molar-refractivity contribution >= 4 is 51.4 Å². The van der Waals surface area contributed by atoms with Gasteiger partial charge in [0, 0.05) is 16.3 Å². The standard InChI is InChI=1S/C23H27Cl2NO4S/c1-3-14-7-9-16-19(12-14)31-22(21(16)23(28)29-4-2)26-20(27)6-5-11-30-18-10-8-15(24)13-17(18)25/h8,10,13-14H,3-7,9,11-12H2,1-2H3,(H,26,27). The van der Waals surface area contributed by atoms with Crippen molar-refractivity contribution in [2.75, 3.05) is 18.5 Å². The Bertz CT molecular complexity index is 944. The Hall–Kier alpha value is -1.76. The second-order valence-corrected chi connectivity index (χ2v) is 9.47. The summed E-state index contributed by atoms with van der Waals surface area (Å²) in [5, 5.41) is 4.52. The number of carbonyl (C=O) groups excluding carboxylic acids is 2.